The van der Waals surface area contributed by atoms with Crippen molar-refractivity contribution < 1.29 is 12.6 Å². The van der Waals surface area contributed by atoms with Crippen LogP contribution in [0.25, 0.3) is 0 Å². The van der Waals surface area contributed by atoms with Gasteiger partial charge < -0.3 is 5.73 Å². The first-order valence-electron chi connectivity index (χ1n) is 3.85. The quantitative estimate of drug-likeness (QED) is 0.594. The Morgan fingerprint density at radius 1 is 1.64 bits per heavy atom. The van der Waals surface area contributed by atoms with Crippen LogP contribution in [0.3, 0.4) is 0 Å². The monoisotopic (exact) mass is 258 g/mol. The molecule has 14 heavy (non-hydrogen) atoms. The van der Waals surface area contributed by atoms with Crippen molar-refractivity contribution in [1.29, 1.82) is 0 Å². The molecule has 0 amide bonds. The highest BCUT2D eigenvalue weighted by atomic mass is 32.2. The number of rotatable bonds is 6. The van der Waals surface area contributed by atoms with Crippen LogP contribution in [0.15, 0.2) is 0 Å². The third-order valence-electron chi connectivity index (χ3n) is 1.56. The van der Waals surface area contributed by atoms with Gasteiger partial charge in [0.25, 0.3) is 0 Å². The summed E-state index contributed by atoms with van der Waals surface area (Å²) in [6, 6.07) is 0. The fourth-order valence-electron chi connectivity index (χ4n) is 0.606. The summed E-state index contributed by atoms with van der Waals surface area (Å²) in [4.78, 5) is -0.0740. The molecule has 0 aromatic rings. The summed E-state index contributed by atoms with van der Waals surface area (Å²) < 4.78 is 35.7. The highest BCUT2D eigenvalue weighted by Crippen LogP contribution is 1.97. The maximum atomic E-state index is 11.4. The topological polar surface area (TPSA) is 89.3 Å². The van der Waals surface area contributed by atoms with Crippen LogP contribution in [0.4, 0.5) is 0 Å². The normalized spacial score (nSPS) is 16.1. The van der Waals surface area contributed by atoms with Gasteiger partial charge >= 0.3 is 0 Å². The molecule has 0 aromatic heterocycles. The molecule has 0 aliphatic heterocycles. The summed E-state index contributed by atoms with van der Waals surface area (Å²) in [6.07, 6.45) is 1.51. The molecule has 0 rings (SSSR count). The molecule has 0 heterocycles. The summed E-state index contributed by atoms with van der Waals surface area (Å²) in [5.41, 5.74) is 5.21. The Labute approximate surface area is 91.9 Å². The number of sulfonamides is 1. The highest BCUT2D eigenvalue weighted by molar-refractivity contribution is 7.93. The fraction of sp³-hybridized carbons (Fsp3) is 0.833. The SMILES string of the molecule is CC(C(N)=S)S(=O)(=O)NCCS(C)=O. The molecule has 2 atom stereocenters. The summed E-state index contributed by atoms with van der Waals surface area (Å²) >= 11 is 4.57. The van der Waals surface area contributed by atoms with Gasteiger partial charge in [-0.1, -0.05) is 12.2 Å². The molecule has 0 aliphatic rings. The van der Waals surface area contributed by atoms with E-state index in [1.807, 2.05) is 0 Å². The van der Waals surface area contributed by atoms with E-state index in [0.717, 1.165) is 0 Å². The predicted molar refractivity (Wildman–Crippen MR) is 62.1 cm³/mol. The Morgan fingerprint density at radius 3 is 2.50 bits per heavy atom. The van der Waals surface area contributed by atoms with Crippen LogP contribution in [0.1, 0.15) is 6.92 Å². The van der Waals surface area contributed by atoms with Gasteiger partial charge in [-0.2, -0.15) is 0 Å². The van der Waals surface area contributed by atoms with Crippen LogP contribution in [-0.2, 0) is 20.8 Å². The van der Waals surface area contributed by atoms with Gasteiger partial charge in [-0.3, -0.25) is 4.21 Å². The van der Waals surface area contributed by atoms with Crippen molar-refractivity contribution in [3.63, 3.8) is 0 Å². The fourth-order valence-corrected chi connectivity index (χ4v) is 2.45. The zero-order valence-electron chi connectivity index (χ0n) is 8.02. The molecule has 0 spiro atoms. The molecule has 0 radical (unpaired) electrons. The summed E-state index contributed by atoms with van der Waals surface area (Å²) in [5.74, 6) is 0.281. The van der Waals surface area contributed by atoms with Gasteiger partial charge in [-0.05, 0) is 6.92 Å². The minimum Gasteiger partial charge on any atom is -0.392 e. The average Bonchev–Trinajstić information content (AvgIpc) is 2.01. The van der Waals surface area contributed by atoms with Crippen molar-refractivity contribution in [2.45, 2.75) is 12.2 Å². The maximum absolute atomic E-state index is 11.4. The van der Waals surface area contributed by atoms with Gasteiger partial charge in [0.15, 0.2) is 0 Å². The van der Waals surface area contributed by atoms with Crippen LogP contribution in [0, 0.1) is 0 Å². The van der Waals surface area contributed by atoms with Gasteiger partial charge in [-0.25, -0.2) is 13.1 Å². The van der Waals surface area contributed by atoms with Gasteiger partial charge in [0.1, 0.15) is 5.25 Å². The molecule has 3 N–H and O–H groups in total. The van der Waals surface area contributed by atoms with E-state index < -0.39 is 26.1 Å². The minimum atomic E-state index is -3.51. The molecule has 0 bridgehead atoms. The second-order valence-corrected chi connectivity index (χ2v) is 6.87. The Bertz CT molecular complexity index is 325. The lowest BCUT2D eigenvalue weighted by atomic mass is 10.5. The summed E-state index contributed by atoms with van der Waals surface area (Å²) in [7, 11) is -4.52. The van der Waals surface area contributed by atoms with E-state index in [-0.39, 0.29) is 17.3 Å². The van der Waals surface area contributed by atoms with Crippen molar-refractivity contribution in [2.75, 3.05) is 18.6 Å². The number of nitrogens with two attached hydrogens (primary N) is 1. The van der Waals surface area contributed by atoms with E-state index in [4.69, 9.17) is 5.73 Å². The molecular weight excluding hydrogens is 244 g/mol. The summed E-state index contributed by atoms with van der Waals surface area (Å²) in [6.45, 7) is 1.55. The van der Waals surface area contributed by atoms with Crippen molar-refractivity contribution in [2.24, 2.45) is 5.73 Å². The lowest BCUT2D eigenvalue weighted by Crippen LogP contribution is -2.41. The second-order valence-electron chi connectivity index (χ2n) is 2.76. The van der Waals surface area contributed by atoms with Gasteiger partial charge in [0, 0.05) is 29.4 Å². The van der Waals surface area contributed by atoms with Crippen molar-refractivity contribution >= 4 is 38.0 Å². The van der Waals surface area contributed by atoms with E-state index in [0.29, 0.717) is 0 Å². The lowest BCUT2D eigenvalue weighted by molar-refractivity contribution is 0.581. The van der Waals surface area contributed by atoms with Crippen molar-refractivity contribution in [3.05, 3.63) is 0 Å². The number of nitrogens with one attached hydrogen (secondary N) is 1. The van der Waals surface area contributed by atoms with Crippen LogP contribution in [-0.4, -0.2) is 41.4 Å². The molecular formula is C6H14N2O3S3. The first-order chi connectivity index (χ1) is 6.27. The van der Waals surface area contributed by atoms with Crippen LogP contribution >= 0.6 is 12.2 Å². The number of hydrogen-bond acceptors (Lipinski definition) is 4. The van der Waals surface area contributed by atoms with Gasteiger partial charge in [-0.15, -0.1) is 0 Å². The zero-order chi connectivity index (χ0) is 11.4. The molecule has 0 fully saturated rings. The second kappa shape index (κ2) is 5.74. The highest BCUT2D eigenvalue weighted by Gasteiger charge is 2.22. The third-order valence-corrected chi connectivity index (χ3v) is 4.63. The molecule has 5 nitrogen and oxygen atoms in total. The van der Waals surface area contributed by atoms with E-state index >= 15 is 0 Å². The van der Waals surface area contributed by atoms with E-state index in [2.05, 4.69) is 16.9 Å². The van der Waals surface area contributed by atoms with E-state index in [1.54, 1.807) is 0 Å². The number of hydrogen-bond donors (Lipinski definition) is 2. The molecule has 8 heteroatoms. The molecule has 0 saturated heterocycles. The van der Waals surface area contributed by atoms with Crippen molar-refractivity contribution in [1.82, 2.24) is 4.72 Å². The van der Waals surface area contributed by atoms with Crippen LogP contribution < -0.4 is 10.5 Å². The maximum Gasteiger partial charge on any atom is 0.220 e. The molecule has 0 aliphatic carbocycles. The summed E-state index contributed by atoms with van der Waals surface area (Å²) in [5, 5.41) is -0.900. The number of thiocarbonyl (C=S) groups is 1. The standard InChI is InChI=1S/C6H14N2O3S3/c1-5(6(7)12)14(10,11)8-3-4-13(2)9/h5,8H,3-4H2,1-2H3,(H2,7,12). The molecule has 0 aromatic carbocycles. The first kappa shape index (κ1) is 13.9. The largest absolute Gasteiger partial charge is 0.392 e. The van der Waals surface area contributed by atoms with Gasteiger partial charge in [0.05, 0.1) is 4.99 Å². The first-order valence-corrected chi connectivity index (χ1v) is 7.53. The smallest absolute Gasteiger partial charge is 0.220 e. The Morgan fingerprint density at radius 2 is 2.14 bits per heavy atom. The van der Waals surface area contributed by atoms with Crippen molar-refractivity contribution in [3.8, 4) is 0 Å². The Balaban J connectivity index is 4.22. The average molecular weight is 258 g/mol. The molecule has 84 valence electrons. The zero-order valence-corrected chi connectivity index (χ0v) is 10.5. The molecule has 0 saturated carbocycles. The third kappa shape index (κ3) is 4.99. The molecule has 2 unspecified atom stereocenters. The van der Waals surface area contributed by atoms with Crippen LogP contribution in [0.5, 0.6) is 0 Å². The Kier molecular flexibility index (Phi) is 5.72. The Hall–Kier alpha value is -0.0500. The minimum absolute atomic E-state index is 0.0740. The van der Waals surface area contributed by atoms with Crippen LogP contribution in [0.2, 0.25) is 0 Å². The van der Waals surface area contributed by atoms with Gasteiger partial charge in [0.2, 0.25) is 10.0 Å². The van der Waals surface area contributed by atoms with E-state index in [1.165, 1.54) is 13.2 Å². The van der Waals surface area contributed by atoms with E-state index in [9.17, 15) is 12.6 Å². The predicted octanol–water partition coefficient (Wildman–Crippen LogP) is -1.04. The lowest BCUT2D eigenvalue weighted by Gasteiger charge is -2.11.